The Kier molecular flexibility index (Phi) is 3.60. The van der Waals surface area contributed by atoms with Crippen LogP contribution in [0.5, 0.6) is 0 Å². The van der Waals surface area contributed by atoms with Gasteiger partial charge in [-0.05, 0) is 48.9 Å². The van der Waals surface area contributed by atoms with Gasteiger partial charge < -0.3 is 4.90 Å². The van der Waals surface area contributed by atoms with Crippen LogP contribution in [0.1, 0.15) is 5.56 Å². The molecule has 1 aliphatic rings. The summed E-state index contributed by atoms with van der Waals surface area (Å²) in [4.78, 5) is 13.1. The van der Waals surface area contributed by atoms with E-state index in [1.165, 1.54) is 12.1 Å². The standard InChI is InChI=1S/C19H16F2N4/c1-12-8-16(14-6-5-13(20)10-15(14)21)23-18(9-12)25-11-24(2)17-4-3-7-22-19(17)25/h3-10H,11H2,1-2H3. The van der Waals surface area contributed by atoms with Gasteiger partial charge in [-0.2, -0.15) is 0 Å². The van der Waals surface area contributed by atoms with E-state index >= 15 is 0 Å². The van der Waals surface area contributed by atoms with Crippen molar-refractivity contribution in [1.29, 1.82) is 0 Å². The summed E-state index contributed by atoms with van der Waals surface area (Å²) in [5.41, 5.74) is 2.70. The average molecular weight is 338 g/mol. The van der Waals surface area contributed by atoms with Gasteiger partial charge in [0.2, 0.25) is 0 Å². The van der Waals surface area contributed by atoms with Gasteiger partial charge in [0.05, 0.1) is 18.1 Å². The van der Waals surface area contributed by atoms with Crippen LogP contribution in [0, 0.1) is 18.6 Å². The molecule has 0 unspecified atom stereocenters. The molecular formula is C19H16F2N4. The number of benzene rings is 1. The van der Waals surface area contributed by atoms with Crippen molar-refractivity contribution in [1.82, 2.24) is 9.97 Å². The first-order valence-electron chi connectivity index (χ1n) is 7.91. The van der Waals surface area contributed by atoms with Crippen molar-refractivity contribution in [3.05, 3.63) is 65.9 Å². The van der Waals surface area contributed by atoms with Crippen molar-refractivity contribution in [2.75, 3.05) is 23.5 Å². The Balaban J connectivity index is 1.81. The van der Waals surface area contributed by atoms with E-state index in [0.717, 1.165) is 23.1 Å². The van der Waals surface area contributed by atoms with E-state index in [1.54, 1.807) is 12.3 Å². The van der Waals surface area contributed by atoms with Crippen molar-refractivity contribution >= 4 is 17.3 Å². The Morgan fingerprint density at radius 2 is 1.92 bits per heavy atom. The average Bonchev–Trinajstić information content (AvgIpc) is 2.92. The fourth-order valence-electron chi connectivity index (χ4n) is 3.05. The molecule has 0 atom stereocenters. The molecule has 3 heterocycles. The summed E-state index contributed by atoms with van der Waals surface area (Å²) in [6.45, 7) is 2.53. The second-order valence-corrected chi connectivity index (χ2v) is 6.13. The lowest BCUT2D eigenvalue weighted by atomic mass is 10.1. The van der Waals surface area contributed by atoms with Crippen molar-refractivity contribution < 1.29 is 8.78 Å². The maximum atomic E-state index is 14.2. The number of halogens is 2. The molecule has 0 radical (unpaired) electrons. The van der Waals surface area contributed by atoms with Crippen LogP contribution in [0.15, 0.2) is 48.7 Å². The van der Waals surface area contributed by atoms with Crippen molar-refractivity contribution in [2.45, 2.75) is 6.92 Å². The van der Waals surface area contributed by atoms with E-state index in [1.807, 2.05) is 37.1 Å². The van der Waals surface area contributed by atoms with Crippen LogP contribution in [0.2, 0.25) is 0 Å². The Bertz CT molecular complexity index is 958. The van der Waals surface area contributed by atoms with Crippen molar-refractivity contribution in [3.63, 3.8) is 0 Å². The van der Waals surface area contributed by atoms with Gasteiger partial charge in [0.15, 0.2) is 5.82 Å². The Labute approximate surface area is 144 Å². The number of aryl methyl sites for hydroxylation is 1. The number of nitrogens with zero attached hydrogens (tertiary/aromatic N) is 4. The molecule has 4 rings (SSSR count). The highest BCUT2D eigenvalue weighted by Gasteiger charge is 2.27. The van der Waals surface area contributed by atoms with Gasteiger partial charge in [-0.1, -0.05) is 0 Å². The fraction of sp³-hybridized carbons (Fsp3) is 0.158. The molecule has 3 aromatic rings. The fourth-order valence-corrected chi connectivity index (χ4v) is 3.05. The first-order valence-corrected chi connectivity index (χ1v) is 7.91. The Morgan fingerprint density at radius 1 is 1.08 bits per heavy atom. The van der Waals surface area contributed by atoms with Gasteiger partial charge in [-0.25, -0.2) is 18.7 Å². The smallest absolute Gasteiger partial charge is 0.159 e. The molecule has 1 aliphatic heterocycles. The van der Waals surface area contributed by atoms with Gasteiger partial charge in [0, 0.05) is 24.9 Å². The predicted molar refractivity (Wildman–Crippen MR) is 94.0 cm³/mol. The van der Waals surface area contributed by atoms with E-state index in [2.05, 4.69) is 14.9 Å². The van der Waals surface area contributed by atoms with Crippen LogP contribution in [0.4, 0.5) is 26.1 Å². The zero-order valence-electron chi connectivity index (χ0n) is 13.9. The first-order chi connectivity index (χ1) is 12.0. The van der Waals surface area contributed by atoms with Crippen molar-refractivity contribution in [3.8, 4) is 11.3 Å². The summed E-state index contributed by atoms with van der Waals surface area (Å²) in [7, 11) is 1.98. The molecular weight excluding hydrogens is 322 g/mol. The monoisotopic (exact) mass is 338 g/mol. The second-order valence-electron chi connectivity index (χ2n) is 6.13. The lowest BCUT2D eigenvalue weighted by molar-refractivity contribution is 0.585. The number of rotatable bonds is 2. The molecule has 0 saturated heterocycles. The third kappa shape index (κ3) is 2.69. The zero-order chi connectivity index (χ0) is 17.6. The zero-order valence-corrected chi connectivity index (χ0v) is 13.9. The summed E-state index contributed by atoms with van der Waals surface area (Å²) in [5.74, 6) is 0.270. The van der Waals surface area contributed by atoms with E-state index in [0.29, 0.717) is 18.2 Å². The van der Waals surface area contributed by atoms with E-state index < -0.39 is 11.6 Å². The normalized spacial score (nSPS) is 13.3. The van der Waals surface area contributed by atoms with Gasteiger partial charge in [0.1, 0.15) is 17.5 Å². The summed E-state index contributed by atoms with van der Waals surface area (Å²) >= 11 is 0. The topological polar surface area (TPSA) is 32.3 Å². The third-order valence-electron chi connectivity index (χ3n) is 4.23. The highest BCUT2D eigenvalue weighted by atomic mass is 19.1. The van der Waals surface area contributed by atoms with Crippen LogP contribution in [-0.2, 0) is 0 Å². The van der Waals surface area contributed by atoms with E-state index in [9.17, 15) is 8.78 Å². The molecule has 25 heavy (non-hydrogen) atoms. The number of hydrogen-bond donors (Lipinski definition) is 0. The van der Waals surface area contributed by atoms with Gasteiger partial charge in [0.25, 0.3) is 0 Å². The maximum Gasteiger partial charge on any atom is 0.159 e. The summed E-state index contributed by atoms with van der Waals surface area (Å²) in [6, 6.07) is 11.1. The minimum absolute atomic E-state index is 0.278. The van der Waals surface area contributed by atoms with Crippen LogP contribution >= 0.6 is 0 Å². The quantitative estimate of drug-likeness (QED) is 0.698. The second kappa shape index (κ2) is 5.81. The minimum atomic E-state index is -0.624. The van der Waals surface area contributed by atoms with E-state index in [4.69, 9.17) is 0 Å². The molecule has 6 heteroatoms. The molecule has 1 aromatic carbocycles. The molecule has 0 N–H and O–H groups in total. The minimum Gasteiger partial charge on any atom is -0.353 e. The molecule has 126 valence electrons. The van der Waals surface area contributed by atoms with Gasteiger partial charge in [-0.15, -0.1) is 0 Å². The summed E-state index contributed by atoms with van der Waals surface area (Å²) in [5, 5.41) is 0. The van der Waals surface area contributed by atoms with Crippen LogP contribution in [-0.4, -0.2) is 23.7 Å². The molecule has 4 nitrogen and oxygen atoms in total. The van der Waals surface area contributed by atoms with Crippen molar-refractivity contribution in [2.24, 2.45) is 0 Å². The SMILES string of the molecule is Cc1cc(-c2ccc(F)cc2F)nc(N2CN(C)c3cccnc32)c1. The lowest BCUT2D eigenvalue weighted by Crippen LogP contribution is -2.25. The molecule has 0 spiro atoms. The third-order valence-corrected chi connectivity index (χ3v) is 4.23. The highest BCUT2D eigenvalue weighted by Crippen LogP contribution is 2.38. The number of fused-ring (bicyclic) bond motifs is 1. The number of aromatic nitrogens is 2. The van der Waals surface area contributed by atoms with Gasteiger partial charge >= 0.3 is 0 Å². The largest absolute Gasteiger partial charge is 0.353 e. The Morgan fingerprint density at radius 3 is 2.72 bits per heavy atom. The summed E-state index contributed by atoms with van der Waals surface area (Å²) < 4.78 is 27.4. The van der Waals surface area contributed by atoms with Gasteiger partial charge in [-0.3, -0.25) is 4.90 Å². The maximum absolute atomic E-state index is 14.2. The molecule has 0 bridgehead atoms. The number of hydrogen-bond acceptors (Lipinski definition) is 4. The highest BCUT2D eigenvalue weighted by molar-refractivity contribution is 5.78. The predicted octanol–water partition coefficient (Wildman–Crippen LogP) is 4.28. The van der Waals surface area contributed by atoms with Crippen LogP contribution in [0.3, 0.4) is 0 Å². The number of anilines is 3. The Hall–Kier alpha value is -3.02. The molecule has 0 aliphatic carbocycles. The molecule has 0 fully saturated rings. The lowest BCUT2D eigenvalue weighted by Gasteiger charge is -2.19. The number of pyridine rings is 2. The van der Waals surface area contributed by atoms with Crippen LogP contribution < -0.4 is 9.80 Å². The first kappa shape index (κ1) is 15.5. The molecule has 0 saturated carbocycles. The van der Waals surface area contributed by atoms with E-state index in [-0.39, 0.29) is 5.56 Å². The van der Waals surface area contributed by atoms with Crippen LogP contribution in [0.25, 0.3) is 11.3 Å². The summed E-state index contributed by atoms with van der Waals surface area (Å²) in [6.07, 6.45) is 1.74. The molecule has 0 amide bonds. The molecule has 2 aromatic heterocycles.